The Bertz CT molecular complexity index is 1070. The molecule has 2 aromatic carbocycles. The van der Waals surface area contributed by atoms with E-state index in [1.165, 1.54) is 5.01 Å². The number of benzene rings is 2. The van der Waals surface area contributed by atoms with Crippen molar-refractivity contribution < 1.29 is 18.3 Å². The van der Waals surface area contributed by atoms with Gasteiger partial charge in [-0.15, -0.1) is 5.10 Å². The highest BCUT2D eigenvalue weighted by molar-refractivity contribution is 5.97. The van der Waals surface area contributed by atoms with Gasteiger partial charge >= 0.3 is 0 Å². The van der Waals surface area contributed by atoms with Crippen molar-refractivity contribution in [2.75, 3.05) is 6.54 Å². The number of ether oxygens (including phenoxy) is 1. The molecule has 7 heteroatoms. The lowest BCUT2D eigenvalue weighted by Crippen LogP contribution is -2.47. The van der Waals surface area contributed by atoms with E-state index in [1.54, 1.807) is 13.8 Å². The van der Waals surface area contributed by atoms with Crippen molar-refractivity contribution in [1.82, 2.24) is 10.3 Å². The highest BCUT2D eigenvalue weighted by Crippen LogP contribution is 2.41. The molecule has 2 unspecified atom stereocenters. The topological polar surface area (TPSA) is 53.9 Å². The molecule has 0 aromatic heterocycles. The van der Waals surface area contributed by atoms with Crippen molar-refractivity contribution in [3.8, 4) is 0 Å². The van der Waals surface area contributed by atoms with Crippen LogP contribution in [0.2, 0.25) is 0 Å². The summed E-state index contributed by atoms with van der Waals surface area (Å²) in [6.45, 7) is 4.31. The van der Waals surface area contributed by atoms with Crippen LogP contribution in [-0.2, 0) is 15.3 Å². The number of carbonyl (C=O) groups excluding carboxylic acids is 1. The number of halogens is 2. The number of allylic oxidation sites excluding steroid dienone is 1. The van der Waals surface area contributed by atoms with Crippen molar-refractivity contribution in [3.05, 3.63) is 83.4 Å². The van der Waals surface area contributed by atoms with Gasteiger partial charge in [-0.2, -0.15) is 5.01 Å². The van der Waals surface area contributed by atoms with Crippen molar-refractivity contribution in [3.63, 3.8) is 0 Å². The fraction of sp³-hybridized carbons (Fsp3) is 0.407. The first kappa shape index (κ1) is 24.1. The molecule has 180 valence electrons. The summed E-state index contributed by atoms with van der Waals surface area (Å²) < 4.78 is 34.9. The van der Waals surface area contributed by atoms with E-state index in [-0.39, 0.29) is 23.3 Å². The molecule has 0 spiro atoms. The molecule has 2 atom stereocenters. The van der Waals surface area contributed by atoms with Gasteiger partial charge in [-0.3, -0.25) is 4.79 Å². The molecule has 2 aliphatic rings. The molecule has 0 saturated carbocycles. The Morgan fingerprint density at radius 1 is 1.21 bits per heavy atom. The fourth-order valence-corrected chi connectivity index (χ4v) is 4.43. The Balaban J connectivity index is 1.65. The molecule has 1 aliphatic carbocycles. The average Bonchev–Trinajstić information content (AvgIpc) is 3.24. The summed E-state index contributed by atoms with van der Waals surface area (Å²) >= 11 is 0. The van der Waals surface area contributed by atoms with Gasteiger partial charge in [-0.05, 0) is 50.4 Å². The van der Waals surface area contributed by atoms with E-state index in [2.05, 4.69) is 22.6 Å². The molecule has 1 amide bonds. The molecular formula is C27H31F2N3O2. The van der Waals surface area contributed by atoms with Gasteiger partial charge in [0, 0.05) is 23.9 Å². The summed E-state index contributed by atoms with van der Waals surface area (Å²) in [6, 6.07) is 12.9. The Kier molecular flexibility index (Phi) is 7.41. The zero-order chi connectivity index (χ0) is 24.1. The number of rotatable bonds is 8. The van der Waals surface area contributed by atoms with E-state index in [0.29, 0.717) is 18.9 Å². The smallest absolute Gasteiger partial charge is 0.249 e. The van der Waals surface area contributed by atoms with Crippen LogP contribution in [0.4, 0.5) is 8.78 Å². The molecule has 0 radical (unpaired) electrons. The predicted molar refractivity (Wildman–Crippen MR) is 128 cm³/mol. The number of hydrogen-bond donors (Lipinski definition) is 1. The van der Waals surface area contributed by atoms with Crippen LogP contribution in [0.1, 0.15) is 57.1 Å². The molecule has 0 fully saturated rings. The van der Waals surface area contributed by atoms with E-state index < -0.39 is 17.4 Å². The van der Waals surface area contributed by atoms with Gasteiger partial charge in [-0.1, -0.05) is 56.3 Å². The third kappa shape index (κ3) is 5.04. The Labute approximate surface area is 199 Å². The molecule has 5 nitrogen and oxygen atoms in total. The lowest BCUT2D eigenvalue weighted by molar-refractivity contribution is -0.156. The van der Waals surface area contributed by atoms with Gasteiger partial charge < -0.3 is 10.1 Å². The minimum atomic E-state index is -1.25. The van der Waals surface area contributed by atoms with Crippen LogP contribution in [0.25, 0.3) is 0 Å². The van der Waals surface area contributed by atoms with Crippen molar-refractivity contribution >= 4 is 11.8 Å². The van der Waals surface area contributed by atoms with Crippen molar-refractivity contribution in [2.45, 2.75) is 57.7 Å². The van der Waals surface area contributed by atoms with Crippen LogP contribution in [0.5, 0.6) is 0 Å². The zero-order valence-corrected chi connectivity index (χ0v) is 19.6. The Morgan fingerprint density at radius 3 is 2.71 bits per heavy atom. The maximum Gasteiger partial charge on any atom is 0.249 e. The van der Waals surface area contributed by atoms with Gasteiger partial charge in [0.15, 0.2) is 0 Å². The molecule has 0 saturated heterocycles. The molecule has 1 heterocycles. The number of hydrazone groups is 1. The second-order valence-corrected chi connectivity index (χ2v) is 9.13. The van der Waals surface area contributed by atoms with Crippen LogP contribution in [0.15, 0.2) is 65.8 Å². The van der Waals surface area contributed by atoms with Crippen LogP contribution in [-0.4, -0.2) is 29.4 Å². The number of hydrogen-bond acceptors (Lipinski definition) is 4. The molecule has 0 bridgehead atoms. The van der Waals surface area contributed by atoms with E-state index in [0.717, 1.165) is 49.6 Å². The second kappa shape index (κ2) is 10.5. The number of amides is 1. The highest BCUT2D eigenvalue weighted by Gasteiger charge is 2.50. The molecule has 1 aliphatic heterocycles. The monoisotopic (exact) mass is 467 g/mol. The average molecular weight is 468 g/mol. The van der Waals surface area contributed by atoms with Gasteiger partial charge in [0.2, 0.25) is 17.5 Å². The van der Waals surface area contributed by atoms with Crippen molar-refractivity contribution in [2.24, 2.45) is 11.0 Å². The Morgan fingerprint density at radius 2 is 2.00 bits per heavy atom. The summed E-state index contributed by atoms with van der Waals surface area (Å²) in [4.78, 5) is 13.3. The zero-order valence-electron chi connectivity index (χ0n) is 19.6. The molecule has 34 heavy (non-hydrogen) atoms. The summed E-state index contributed by atoms with van der Waals surface area (Å²) in [7, 11) is 0. The van der Waals surface area contributed by atoms with E-state index in [4.69, 9.17) is 4.74 Å². The lowest BCUT2D eigenvalue weighted by Gasteiger charge is -2.36. The van der Waals surface area contributed by atoms with E-state index >= 15 is 0 Å². The Hall–Kier alpha value is -3.06. The first-order valence-electron chi connectivity index (χ1n) is 11.9. The van der Waals surface area contributed by atoms with E-state index in [9.17, 15) is 13.6 Å². The standard InChI is InChI=1S/C27H31F2N3O2/c1-19(2)26(33)32-27(20-10-5-3-6-11-20,16-9-17-30-22-12-7-4-8-13-22)34-25(31-32)23-18-21(28)14-15-24(23)29/h3-7,10-11,14-15,18-19,22,30H,8-9,12-13,16-17H2,1-2H3. The fourth-order valence-electron chi connectivity index (χ4n) is 4.43. The number of nitrogens with one attached hydrogen (secondary N) is 1. The minimum absolute atomic E-state index is 0.0970. The summed E-state index contributed by atoms with van der Waals surface area (Å²) in [5, 5.41) is 9.33. The molecule has 2 aromatic rings. The van der Waals surface area contributed by atoms with Crippen LogP contribution in [0, 0.1) is 17.6 Å². The summed E-state index contributed by atoms with van der Waals surface area (Å²) in [5.74, 6) is -1.97. The van der Waals surface area contributed by atoms with Crippen molar-refractivity contribution in [1.29, 1.82) is 0 Å². The van der Waals surface area contributed by atoms with Crippen LogP contribution >= 0.6 is 0 Å². The predicted octanol–water partition coefficient (Wildman–Crippen LogP) is 5.47. The largest absolute Gasteiger partial charge is 0.443 e. The van der Waals surface area contributed by atoms with Crippen LogP contribution < -0.4 is 5.32 Å². The summed E-state index contributed by atoms with van der Waals surface area (Å²) in [6.07, 6.45) is 8.71. The minimum Gasteiger partial charge on any atom is -0.443 e. The first-order valence-corrected chi connectivity index (χ1v) is 11.9. The highest BCUT2D eigenvalue weighted by atomic mass is 19.1. The first-order chi connectivity index (χ1) is 16.4. The maximum absolute atomic E-state index is 14.6. The number of carbonyl (C=O) groups is 1. The molecule has 1 N–H and O–H groups in total. The van der Waals surface area contributed by atoms with Gasteiger partial charge in [0.25, 0.3) is 0 Å². The van der Waals surface area contributed by atoms with E-state index in [1.807, 2.05) is 30.3 Å². The SMILES string of the molecule is CC(C)C(=O)N1N=C(c2cc(F)ccc2F)OC1(CCCNC1CC=CCC1)c1ccccc1. The quantitative estimate of drug-likeness (QED) is 0.414. The molecule has 4 rings (SSSR count). The third-order valence-electron chi connectivity index (χ3n) is 6.28. The van der Waals surface area contributed by atoms with Gasteiger partial charge in [0.05, 0.1) is 5.56 Å². The molecular weight excluding hydrogens is 436 g/mol. The lowest BCUT2D eigenvalue weighted by atomic mass is 9.95. The van der Waals surface area contributed by atoms with Gasteiger partial charge in [0.1, 0.15) is 11.6 Å². The normalized spacial score (nSPS) is 22.1. The third-order valence-corrected chi connectivity index (χ3v) is 6.28. The summed E-state index contributed by atoms with van der Waals surface area (Å²) in [5.41, 5.74) is -0.614. The maximum atomic E-state index is 14.6. The van der Waals surface area contributed by atoms with Gasteiger partial charge in [-0.25, -0.2) is 8.78 Å². The second-order valence-electron chi connectivity index (χ2n) is 9.13. The number of nitrogens with zero attached hydrogens (tertiary/aromatic N) is 2. The van der Waals surface area contributed by atoms with Crippen LogP contribution in [0.3, 0.4) is 0 Å².